The van der Waals surface area contributed by atoms with Crippen molar-refractivity contribution in [3.8, 4) is 0 Å². The van der Waals surface area contributed by atoms with E-state index in [9.17, 15) is 9.59 Å². The van der Waals surface area contributed by atoms with Gasteiger partial charge in [0.1, 0.15) is 5.92 Å². The fraction of sp³-hybridized carbons (Fsp3) is 0.333. The Kier molecular flexibility index (Phi) is 4.98. The largest absolute Gasteiger partial charge is 0.481 e. The summed E-state index contributed by atoms with van der Waals surface area (Å²) in [6.45, 7) is 0.366. The first-order valence-corrected chi connectivity index (χ1v) is 6.88. The van der Waals surface area contributed by atoms with Gasteiger partial charge in [0.05, 0.1) is 19.3 Å². The second kappa shape index (κ2) is 6.74. The van der Waals surface area contributed by atoms with Crippen molar-refractivity contribution in [3.63, 3.8) is 0 Å². The van der Waals surface area contributed by atoms with E-state index in [0.29, 0.717) is 5.02 Å². The van der Waals surface area contributed by atoms with Crippen LogP contribution in [0.25, 0.3) is 6.08 Å². The number of rotatable bonds is 4. The summed E-state index contributed by atoms with van der Waals surface area (Å²) in [6.07, 6.45) is 3.01. The van der Waals surface area contributed by atoms with E-state index in [0.717, 1.165) is 5.56 Å². The third-order valence-electron chi connectivity index (χ3n) is 3.52. The fourth-order valence-corrected chi connectivity index (χ4v) is 2.41. The fourth-order valence-electron chi connectivity index (χ4n) is 2.21. The van der Waals surface area contributed by atoms with Crippen molar-refractivity contribution in [2.75, 3.05) is 20.3 Å². The van der Waals surface area contributed by atoms with Crippen LogP contribution in [0, 0.1) is 5.92 Å². The number of benzene rings is 1. The Morgan fingerprint density at radius 2 is 2.10 bits per heavy atom. The zero-order chi connectivity index (χ0) is 15.4. The predicted molar refractivity (Wildman–Crippen MR) is 79.0 cm³/mol. The van der Waals surface area contributed by atoms with E-state index in [-0.39, 0.29) is 19.1 Å². The lowest BCUT2D eigenvalue weighted by Gasteiger charge is -2.25. The van der Waals surface area contributed by atoms with E-state index in [1.54, 1.807) is 31.3 Å². The van der Waals surface area contributed by atoms with Gasteiger partial charge in [0.2, 0.25) is 5.91 Å². The number of amides is 1. The van der Waals surface area contributed by atoms with Crippen LogP contribution in [0.3, 0.4) is 0 Å². The molecule has 0 spiro atoms. The van der Waals surface area contributed by atoms with Crippen LogP contribution in [-0.2, 0) is 14.3 Å². The molecular weight excluding hydrogens is 294 g/mol. The minimum Gasteiger partial charge on any atom is -0.481 e. The smallest absolute Gasteiger partial charge is 0.311 e. The summed E-state index contributed by atoms with van der Waals surface area (Å²) >= 11 is 6.01. The van der Waals surface area contributed by atoms with Crippen molar-refractivity contribution >= 4 is 29.6 Å². The first kappa shape index (κ1) is 15.5. The summed E-state index contributed by atoms with van der Waals surface area (Å²) in [5, 5.41) is 9.66. The molecule has 1 aliphatic rings. The van der Waals surface area contributed by atoms with Gasteiger partial charge < -0.3 is 14.7 Å². The zero-order valence-corrected chi connectivity index (χ0v) is 12.3. The molecule has 1 N–H and O–H groups in total. The van der Waals surface area contributed by atoms with E-state index in [2.05, 4.69) is 0 Å². The molecule has 0 aliphatic carbocycles. The lowest BCUT2D eigenvalue weighted by Crippen LogP contribution is -2.43. The molecule has 5 nitrogen and oxygen atoms in total. The lowest BCUT2D eigenvalue weighted by atomic mass is 10.0. The van der Waals surface area contributed by atoms with Crippen molar-refractivity contribution in [1.82, 2.24) is 4.90 Å². The minimum atomic E-state index is -0.952. The molecule has 21 heavy (non-hydrogen) atoms. The number of hydrogen-bond donors (Lipinski definition) is 1. The summed E-state index contributed by atoms with van der Waals surface area (Å²) in [6, 6.07) is 6.71. The van der Waals surface area contributed by atoms with Crippen LogP contribution in [0.1, 0.15) is 5.56 Å². The molecule has 2 unspecified atom stereocenters. The van der Waals surface area contributed by atoms with Crippen molar-refractivity contribution < 1.29 is 19.4 Å². The molecule has 1 aliphatic heterocycles. The number of carboxylic acid groups (broad SMARTS) is 1. The number of nitrogens with zero attached hydrogens (tertiary/aromatic N) is 1. The number of likely N-dealkylation sites (N-methyl/N-ethyl adjacent to an activating group) is 1. The minimum absolute atomic E-state index is 0.131. The molecule has 6 heteroatoms. The van der Waals surface area contributed by atoms with Gasteiger partial charge in [-0.15, -0.1) is 0 Å². The average Bonchev–Trinajstić information content (AvgIpc) is 2.95. The van der Waals surface area contributed by atoms with Crippen LogP contribution < -0.4 is 0 Å². The monoisotopic (exact) mass is 309 g/mol. The summed E-state index contributed by atoms with van der Waals surface area (Å²) in [4.78, 5) is 24.6. The highest BCUT2D eigenvalue weighted by atomic mass is 35.5. The molecule has 1 fully saturated rings. The summed E-state index contributed by atoms with van der Waals surface area (Å²) < 4.78 is 5.16. The van der Waals surface area contributed by atoms with Gasteiger partial charge in [0.15, 0.2) is 0 Å². The highest BCUT2D eigenvalue weighted by Gasteiger charge is 2.37. The topological polar surface area (TPSA) is 66.8 Å². The number of carbonyl (C=O) groups is 2. The highest BCUT2D eigenvalue weighted by molar-refractivity contribution is 6.32. The Labute approximate surface area is 127 Å². The summed E-state index contributed by atoms with van der Waals surface area (Å²) in [5.74, 6) is -1.92. The van der Waals surface area contributed by atoms with Crippen molar-refractivity contribution in [3.05, 3.63) is 40.9 Å². The molecular formula is C15H16ClNO4. The molecule has 0 radical (unpaired) electrons. The maximum Gasteiger partial charge on any atom is 0.311 e. The predicted octanol–water partition coefficient (Wildman–Crippen LogP) is 1.91. The van der Waals surface area contributed by atoms with Gasteiger partial charge in [-0.05, 0) is 17.7 Å². The Balaban J connectivity index is 2.06. The van der Waals surface area contributed by atoms with Crippen molar-refractivity contribution in [2.24, 2.45) is 5.92 Å². The number of halogens is 1. The Bertz CT molecular complexity index is 573. The molecule has 1 aromatic carbocycles. The Hall–Kier alpha value is -1.85. The molecule has 1 heterocycles. The molecule has 1 saturated heterocycles. The van der Waals surface area contributed by atoms with E-state index in [1.807, 2.05) is 6.07 Å². The van der Waals surface area contributed by atoms with Crippen LogP contribution in [0.4, 0.5) is 0 Å². The molecule has 1 aromatic rings. The number of carboxylic acids is 1. The Morgan fingerprint density at radius 3 is 2.76 bits per heavy atom. The van der Waals surface area contributed by atoms with Crippen LogP contribution in [0.15, 0.2) is 30.3 Å². The van der Waals surface area contributed by atoms with Gasteiger partial charge in [0, 0.05) is 18.1 Å². The first-order valence-electron chi connectivity index (χ1n) is 6.50. The third-order valence-corrected chi connectivity index (χ3v) is 3.87. The maximum absolute atomic E-state index is 12.1. The lowest BCUT2D eigenvalue weighted by molar-refractivity contribution is -0.143. The van der Waals surface area contributed by atoms with Crippen LogP contribution in [0.2, 0.25) is 5.02 Å². The molecule has 0 saturated carbocycles. The number of hydrogen-bond acceptors (Lipinski definition) is 3. The molecule has 0 bridgehead atoms. The number of ether oxygens (including phenoxy) is 1. The van der Waals surface area contributed by atoms with Gasteiger partial charge in [0.25, 0.3) is 0 Å². The van der Waals surface area contributed by atoms with Gasteiger partial charge >= 0.3 is 5.97 Å². The maximum atomic E-state index is 12.1. The van der Waals surface area contributed by atoms with E-state index < -0.39 is 17.9 Å². The van der Waals surface area contributed by atoms with Gasteiger partial charge in [-0.2, -0.15) is 0 Å². The van der Waals surface area contributed by atoms with E-state index in [1.165, 1.54) is 11.0 Å². The second-order valence-corrected chi connectivity index (χ2v) is 5.26. The van der Waals surface area contributed by atoms with E-state index in [4.69, 9.17) is 21.4 Å². The SMILES string of the molecule is CN(C(=O)C=Cc1ccccc1Cl)C1COCC1C(=O)O. The van der Waals surface area contributed by atoms with Crippen LogP contribution >= 0.6 is 11.6 Å². The third kappa shape index (κ3) is 3.62. The van der Waals surface area contributed by atoms with Crippen LogP contribution in [-0.4, -0.2) is 48.2 Å². The van der Waals surface area contributed by atoms with Gasteiger partial charge in [-0.25, -0.2) is 0 Å². The summed E-state index contributed by atoms with van der Waals surface area (Å²) in [5.41, 5.74) is 0.735. The van der Waals surface area contributed by atoms with Crippen LogP contribution in [0.5, 0.6) is 0 Å². The quantitative estimate of drug-likeness (QED) is 0.863. The molecule has 2 rings (SSSR count). The normalized spacial score (nSPS) is 21.6. The van der Waals surface area contributed by atoms with E-state index >= 15 is 0 Å². The first-order chi connectivity index (χ1) is 10.0. The molecule has 1 amide bonds. The standard InChI is InChI=1S/C15H16ClNO4/c1-17(13-9-21-8-11(13)15(19)20)14(18)7-6-10-4-2-3-5-12(10)16/h2-7,11,13H,8-9H2,1H3,(H,19,20). The number of aliphatic carboxylic acids is 1. The Morgan fingerprint density at radius 1 is 1.38 bits per heavy atom. The average molecular weight is 310 g/mol. The molecule has 2 atom stereocenters. The second-order valence-electron chi connectivity index (χ2n) is 4.85. The van der Waals surface area contributed by atoms with Gasteiger partial charge in [-0.1, -0.05) is 29.8 Å². The molecule has 0 aromatic heterocycles. The molecule has 112 valence electrons. The summed E-state index contributed by atoms with van der Waals surface area (Å²) in [7, 11) is 1.58. The highest BCUT2D eigenvalue weighted by Crippen LogP contribution is 2.20. The van der Waals surface area contributed by atoms with Crippen molar-refractivity contribution in [1.29, 1.82) is 0 Å². The number of carbonyl (C=O) groups excluding carboxylic acids is 1. The zero-order valence-electron chi connectivity index (χ0n) is 11.5. The van der Waals surface area contributed by atoms with Gasteiger partial charge in [-0.3, -0.25) is 9.59 Å². The van der Waals surface area contributed by atoms with Crippen molar-refractivity contribution in [2.45, 2.75) is 6.04 Å².